The molecule has 6 heteroatoms. The highest BCUT2D eigenvalue weighted by atomic mass is 16.5. The maximum Gasteiger partial charge on any atom is 0.152 e. The van der Waals surface area contributed by atoms with Gasteiger partial charge in [-0.05, 0) is 19.1 Å². The van der Waals surface area contributed by atoms with E-state index >= 15 is 0 Å². The summed E-state index contributed by atoms with van der Waals surface area (Å²) in [5.74, 6) is 1.65. The fourth-order valence-corrected chi connectivity index (χ4v) is 2.59. The van der Waals surface area contributed by atoms with Gasteiger partial charge in [0.1, 0.15) is 11.5 Å². The van der Waals surface area contributed by atoms with Crippen LogP contribution in [-0.4, -0.2) is 40.7 Å². The van der Waals surface area contributed by atoms with Gasteiger partial charge in [0.05, 0.1) is 11.8 Å². The molecular weight excluding hydrogens is 270 g/mol. The second-order valence-corrected chi connectivity index (χ2v) is 5.62. The highest BCUT2D eigenvalue weighted by Crippen LogP contribution is 2.24. The Morgan fingerprint density at radius 1 is 1.38 bits per heavy atom. The average molecular weight is 291 g/mol. The third-order valence-corrected chi connectivity index (χ3v) is 3.90. The normalized spacial score (nSPS) is 18.0. The molecule has 3 rings (SSSR count). The molecule has 2 aromatic heterocycles. The standard InChI is InChI=1S/C15H21N3O3/c1-11-2-3-13(21-11)14-12(9-17-18-14)8-16-10-15(19)4-6-20-7-5-15/h2-3,9,16,19H,4-8,10H2,1H3,(H,17,18). The van der Waals surface area contributed by atoms with Crippen LogP contribution < -0.4 is 5.32 Å². The summed E-state index contributed by atoms with van der Waals surface area (Å²) in [6.45, 7) is 4.35. The minimum atomic E-state index is -0.663. The fourth-order valence-electron chi connectivity index (χ4n) is 2.59. The van der Waals surface area contributed by atoms with E-state index in [0.29, 0.717) is 39.1 Å². The molecular formula is C15H21N3O3. The Morgan fingerprint density at radius 2 is 2.19 bits per heavy atom. The molecule has 1 aliphatic heterocycles. The summed E-state index contributed by atoms with van der Waals surface area (Å²) in [7, 11) is 0. The first-order valence-electron chi connectivity index (χ1n) is 7.26. The Hall–Kier alpha value is -1.63. The highest BCUT2D eigenvalue weighted by Gasteiger charge is 2.29. The van der Waals surface area contributed by atoms with Crippen LogP contribution in [0.25, 0.3) is 11.5 Å². The van der Waals surface area contributed by atoms with Crippen LogP contribution >= 0.6 is 0 Å². The molecule has 6 nitrogen and oxygen atoms in total. The molecule has 3 heterocycles. The predicted octanol–water partition coefficient (Wildman–Crippen LogP) is 1.61. The number of furan rings is 1. The smallest absolute Gasteiger partial charge is 0.152 e. The molecule has 0 aliphatic carbocycles. The van der Waals surface area contributed by atoms with Gasteiger partial charge in [0.25, 0.3) is 0 Å². The van der Waals surface area contributed by atoms with Crippen molar-refractivity contribution < 1.29 is 14.3 Å². The predicted molar refractivity (Wildman–Crippen MR) is 77.7 cm³/mol. The van der Waals surface area contributed by atoms with E-state index in [0.717, 1.165) is 22.8 Å². The van der Waals surface area contributed by atoms with Crippen LogP contribution in [0, 0.1) is 6.92 Å². The highest BCUT2D eigenvalue weighted by molar-refractivity contribution is 5.56. The van der Waals surface area contributed by atoms with Gasteiger partial charge in [-0.1, -0.05) is 0 Å². The van der Waals surface area contributed by atoms with Crippen LogP contribution in [0.15, 0.2) is 22.7 Å². The van der Waals surface area contributed by atoms with E-state index in [4.69, 9.17) is 9.15 Å². The summed E-state index contributed by atoms with van der Waals surface area (Å²) in [6.07, 6.45) is 3.14. The van der Waals surface area contributed by atoms with Crippen LogP contribution in [0.5, 0.6) is 0 Å². The largest absolute Gasteiger partial charge is 0.460 e. The summed E-state index contributed by atoms with van der Waals surface area (Å²) in [5.41, 5.74) is 1.25. The van der Waals surface area contributed by atoms with E-state index in [9.17, 15) is 5.11 Å². The van der Waals surface area contributed by atoms with E-state index in [-0.39, 0.29) is 0 Å². The third-order valence-electron chi connectivity index (χ3n) is 3.90. The number of hydrogen-bond donors (Lipinski definition) is 3. The number of nitrogens with one attached hydrogen (secondary N) is 2. The lowest BCUT2D eigenvalue weighted by Gasteiger charge is -2.32. The molecule has 0 aromatic carbocycles. The minimum absolute atomic E-state index is 0.554. The zero-order valence-corrected chi connectivity index (χ0v) is 12.2. The van der Waals surface area contributed by atoms with Crippen molar-refractivity contribution >= 4 is 0 Å². The maximum absolute atomic E-state index is 10.4. The number of H-pyrrole nitrogens is 1. The van der Waals surface area contributed by atoms with Crippen molar-refractivity contribution in [3.05, 3.63) is 29.7 Å². The molecule has 1 fully saturated rings. The summed E-state index contributed by atoms with van der Waals surface area (Å²) in [6, 6.07) is 3.86. The molecule has 0 amide bonds. The molecule has 0 unspecified atom stereocenters. The molecule has 0 bridgehead atoms. The van der Waals surface area contributed by atoms with E-state index in [1.165, 1.54) is 0 Å². The molecule has 0 saturated carbocycles. The van der Waals surface area contributed by atoms with Crippen LogP contribution in [0.2, 0.25) is 0 Å². The van der Waals surface area contributed by atoms with Crippen molar-refractivity contribution in [2.24, 2.45) is 0 Å². The number of nitrogens with zero attached hydrogens (tertiary/aromatic N) is 1. The molecule has 21 heavy (non-hydrogen) atoms. The molecule has 0 atom stereocenters. The summed E-state index contributed by atoms with van der Waals surface area (Å²) in [5, 5.41) is 20.8. The molecule has 1 aliphatic rings. The first-order valence-corrected chi connectivity index (χ1v) is 7.26. The second kappa shape index (κ2) is 6.01. The summed E-state index contributed by atoms with van der Waals surface area (Å²) in [4.78, 5) is 0. The number of aromatic amines is 1. The summed E-state index contributed by atoms with van der Waals surface area (Å²) < 4.78 is 10.9. The van der Waals surface area contributed by atoms with Gasteiger partial charge >= 0.3 is 0 Å². The van der Waals surface area contributed by atoms with Gasteiger partial charge in [0.15, 0.2) is 5.76 Å². The lowest BCUT2D eigenvalue weighted by atomic mass is 9.94. The third kappa shape index (κ3) is 3.34. The van der Waals surface area contributed by atoms with E-state index in [1.807, 2.05) is 19.1 Å². The van der Waals surface area contributed by atoms with Crippen molar-refractivity contribution in [3.8, 4) is 11.5 Å². The molecule has 3 N–H and O–H groups in total. The van der Waals surface area contributed by atoms with Crippen molar-refractivity contribution in [1.29, 1.82) is 0 Å². The fraction of sp³-hybridized carbons (Fsp3) is 0.533. The molecule has 1 saturated heterocycles. The number of aryl methyl sites for hydroxylation is 1. The Labute approximate surface area is 123 Å². The van der Waals surface area contributed by atoms with Gasteiger partial charge in [0.2, 0.25) is 0 Å². The Balaban J connectivity index is 1.60. The molecule has 2 aromatic rings. The number of ether oxygens (including phenoxy) is 1. The zero-order valence-electron chi connectivity index (χ0n) is 12.2. The lowest BCUT2D eigenvalue weighted by Crippen LogP contribution is -2.44. The van der Waals surface area contributed by atoms with Gasteiger partial charge in [-0.15, -0.1) is 0 Å². The summed E-state index contributed by atoms with van der Waals surface area (Å²) >= 11 is 0. The topological polar surface area (TPSA) is 83.3 Å². The maximum atomic E-state index is 10.4. The Morgan fingerprint density at radius 3 is 2.90 bits per heavy atom. The number of rotatable bonds is 5. The average Bonchev–Trinajstić information content (AvgIpc) is 3.08. The number of aromatic nitrogens is 2. The zero-order chi connectivity index (χ0) is 14.7. The van der Waals surface area contributed by atoms with Crippen LogP contribution in [0.3, 0.4) is 0 Å². The Bertz CT molecular complexity index is 585. The molecule has 114 valence electrons. The van der Waals surface area contributed by atoms with Crippen LogP contribution in [0.1, 0.15) is 24.2 Å². The van der Waals surface area contributed by atoms with Crippen LogP contribution in [0.4, 0.5) is 0 Å². The Kier molecular flexibility index (Phi) is 4.10. The first-order chi connectivity index (χ1) is 10.2. The van der Waals surface area contributed by atoms with Crippen molar-refractivity contribution in [3.63, 3.8) is 0 Å². The number of aliphatic hydroxyl groups is 1. The molecule has 0 spiro atoms. The van der Waals surface area contributed by atoms with E-state index < -0.39 is 5.60 Å². The van der Waals surface area contributed by atoms with Crippen molar-refractivity contribution in [1.82, 2.24) is 15.5 Å². The van der Waals surface area contributed by atoms with Gasteiger partial charge in [-0.2, -0.15) is 5.10 Å². The van der Waals surface area contributed by atoms with Crippen molar-refractivity contribution in [2.75, 3.05) is 19.8 Å². The first kappa shape index (κ1) is 14.3. The van der Waals surface area contributed by atoms with Gasteiger partial charge in [-0.3, -0.25) is 5.10 Å². The van der Waals surface area contributed by atoms with Gasteiger partial charge in [0, 0.05) is 44.7 Å². The minimum Gasteiger partial charge on any atom is -0.460 e. The lowest BCUT2D eigenvalue weighted by molar-refractivity contribution is -0.0616. The van der Waals surface area contributed by atoms with Gasteiger partial charge < -0.3 is 19.6 Å². The van der Waals surface area contributed by atoms with Crippen LogP contribution in [-0.2, 0) is 11.3 Å². The van der Waals surface area contributed by atoms with Gasteiger partial charge in [-0.25, -0.2) is 0 Å². The monoisotopic (exact) mass is 291 g/mol. The molecule has 0 radical (unpaired) electrons. The van der Waals surface area contributed by atoms with Crippen molar-refractivity contribution in [2.45, 2.75) is 31.9 Å². The number of hydrogen-bond acceptors (Lipinski definition) is 5. The quantitative estimate of drug-likeness (QED) is 0.779. The SMILES string of the molecule is Cc1ccc(-c2[nH]ncc2CNCC2(O)CCOCC2)o1. The second-order valence-electron chi connectivity index (χ2n) is 5.62. The van der Waals surface area contributed by atoms with E-state index in [1.54, 1.807) is 6.20 Å². The van der Waals surface area contributed by atoms with E-state index in [2.05, 4.69) is 15.5 Å².